The highest BCUT2D eigenvalue weighted by atomic mass is 32.2. The third-order valence-corrected chi connectivity index (χ3v) is 4.59. The number of carbonyl (C=O) groups is 1. The SMILES string of the molecule is Nc1cc(C(=O)NC2CCSCC2)nc2ccccc12. The van der Waals surface area contributed by atoms with Gasteiger partial charge in [0.05, 0.1) is 5.52 Å². The Morgan fingerprint density at radius 2 is 2.05 bits per heavy atom. The zero-order valence-corrected chi connectivity index (χ0v) is 12.0. The molecule has 1 aliphatic heterocycles. The number of carbonyl (C=O) groups excluding carboxylic acids is 1. The molecule has 1 aliphatic rings. The maximum atomic E-state index is 12.3. The first-order chi connectivity index (χ1) is 9.74. The quantitative estimate of drug-likeness (QED) is 0.890. The highest BCUT2D eigenvalue weighted by molar-refractivity contribution is 7.99. The van der Waals surface area contributed by atoms with E-state index in [0.717, 1.165) is 35.3 Å². The van der Waals surface area contributed by atoms with E-state index in [1.54, 1.807) is 6.07 Å². The van der Waals surface area contributed by atoms with Crippen molar-refractivity contribution in [2.75, 3.05) is 17.2 Å². The van der Waals surface area contributed by atoms with Crippen LogP contribution in [0.4, 0.5) is 5.69 Å². The van der Waals surface area contributed by atoms with E-state index in [9.17, 15) is 4.79 Å². The molecule has 4 nitrogen and oxygen atoms in total. The summed E-state index contributed by atoms with van der Waals surface area (Å²) in [5, 5.41) is 3.94. The molecule has 5 heteroatoms. The molecule has 104 valence electrons. The molecule has 3 N–H and O–H groups in total. The van der Waals surface area contributed by atoms with Crippen LogP contribution >= 0.6 is 11.8 Å². The third kappa shape index (κ3) is 2.72. The van der Waals surface area contributed by atoms with Crippen LogP contribution in [-0.4, -0.2) is 28.4 Å². The first-order valence-electron chi connectivity index (χ1n) is 6.78. The Balaban J connectivity index is 1.84. The van der Waals surface area contributed by atoms with E-state index in [0.29, 0.717) is 11.4 Å². The molecule has 1 fully saturated rings. The fourth-order valence-corrected chi connectivity index (χ4v) is 3.53. The number of anilines is 1. The Kier molecular flexibility index (Phi) is 3.78. The van der Waals surface area contributed by atoms with E-state index in [4.69, 9.17) is 5.73 Å². The summed E-state index contributed by atoms with van der Waals surface area (Å²) in [6.45, 7) is 0. The molecule has 1 amide bonds. The van der Waals surface area contributed by atoms with Crippen molar-refractivity contribution < 1.29 is 4.79 Å². The third-order valence-electron chi connectivity index (χ3n) is 3.54. The lowest BCUT2D eigenvalue weighted by Gasteiger charge is -2.22. The second kappa shape index (κ2) is 5.71. The van der Waals surface area contributed by atoms with Crippen LogP contribution in [0.15, 0.2) is 30.3 Å². The molecule has 3 rings (SSSR count). The molecule has 1 saturated heterocycles. The Morgan fingerprint density at radius 1 is 1.30 bits per heavy atom. The van der Waals surface area contributed by atoms with Crippen molar-refractivity contribution >= 4 is 34.3 Å². The molecule has 0 atom stereocenters. The maximum absolute atomic E-state index is 12.3. The number of thioether (sulfide) groups is 1. The van der Waals surface area contributed by atoms with Gasteiger partial charge < -0.3 is 11.1 Å². The van der Waals surface area contributed by atoms with Crippen LogP contribution in [-0.2, 0) is 0 Å². The van der Waals surface area contributed by atoms with Gasteiger partial charge in [0.15, 0.2) is 0 Å². The standard InChI is InChI=1S/C15H17N3OS/c16-12-9-14(18-13-4-2-1-3-11(12)13)15(19)17-10-5-7-20-8-6-10/h1-4,9-10H,5-8H2,(H2,16,18)(H,17,19). The zero-order chi connectivity index (χ0) is 13.9. The van der Waals surface area contributed by atoms with E-state index in [1.807, 2.05) is 36.0 Å². The number of para-hydroxylation sites is 1. The number of nitrogen functional groups attached to an aromatic ring is 1. The second-order valence-electron chi connectivity index (χ2n) is 4.97. The van der Waals surface area contributed by atoms with Crippen LogP contribution in [0, 0.1) is 0 Å². The smallest absolute Gasteiger partial charge is 0.270 e. The summed E-state index contributed by atoms with van der Waals surface area (Å²) in [7, 11) is 0. The largest absolute Gasteiger partial charge is 0.398 e. The molecule has 20 heavy (non-hydrogen) atoms. The zero-order valence-electron chi connectivity index (χ0n) is 11.1. The summed E-state index contributed by atoms with van der Waals surface area (Å²) in [6, 6.07) is 9.53. The Hall–Kier alpha value is -1.75. The van der Waals surface area contributed by atoms with Gasteiger partial charge in [0.25, 0.3) is 5.91 Å². The number of nitrogens with two attached hydrogens (primary N) is 1. The molecule has 1 aromatic heterocycles. The van der Waals surface area contributed by atoms with Crippen molar-refractivity contribution in [2.24, 2.45) is 0 Å². The van der Waals surface area contributed by atoms with Crippen LogP contribution < -0.4 is 11.1 Å². The minimum Gasteiger partial charge on any atom is -0.398 e. The lowest BCUT2D eigenvalue weighted by molar-refractivity contribution is 0.0930. The van der Waals surface area contributed by atoms with E-state index in [2.05, 4.69) is 10.3 Å². The van der Waals surface area contributed by atoms with Gasteiger partial charge in [-0.2, -0.15) is 11.8 Å². The highest BCUT2D eigenvalue weighted by Gasteiger charge is 2.18. The van der Waals surface area contributed by atoms with E-state index in [-0.39, 0.29) is 11.9 Å². The van der Waals surface area contributed by atoms with E-state index in [1.165, 1.54) is 0 Å². The molecule has 1 aromatic carbocycles. The Labute approximate surface area is 122 Å². The summed E-state index contributed by atoms with van der Waals surface area (Å²) in [5.74, 6) is 2.09. The fourth-order valence-electron chi connectivity index (χ4n) is 2.42. The van der Waals surface area contributed by atoms with Crippen molar-refractivity contribution in [3.8, 4) is 0 Å². The molecule has 2 heterocycles. The van der Waals surface area contributed by atoms with Crippen molar-refractivity contribution in [3.05, 3.63) is 36.0 Å². The van der Waals surface area contributed by atoms with Crippen molar-refractivity contribution in [2.45, 2.75) is 18.9 Å². The number of amides is 1. The number of aromatic nitrogens is 1. The van der Waals surface area contributed by atoms with Crippen molar-refractivity contribution in [3.63, 3.8) is 0 Å². The molecule has 0 bridgehead atoms. The van der Waals surface area contributed by atoms with Gasteiger partial charge in [0, 0.05) is 17.1 Å². The van der Waals surface area contributed by atoms with E-state index >= 15 is 0 Å². The molecular weight excluding hydrogens is 270 g/mol. The molecule has 0 spiro atoms. The summed E-state index contributed by atoms with van der Waals surface area (Å²) < 4.78 is 0. The lowest BCUT2D eigenvalue weighted by Crippen LogP contribution is -2.37. The number of hydrogen-bond acceptors (Lipinski definition) is 4. The molecule has 2 aromatic rings. The van der Waals surface area contributed by atoms with Crippen LogP contribution in [0.25, 0.3) is 10.9 Å². The Morgan fingerprint density at radius 3 is 2.85 bits per heavy atom. The van der Waals surface area contributed by atoms with Gasteiger partial charge >= 0.3 is 0 Å². The second-order valence-corrected chi connectivity index (χ2v) is 6.20. The summed E-state index contributed by atoms with van der Waals surface area (Å²) in [4.78, 5) is 16.7. The van der Waals surface area contributed by atoms with E-state index < -0.39 is 0 Å². The maximum Gasteiger partial charge on any atom is 0.270 e. The van der Waals surface area contributed by atoms with Crippen molar-refractivity contribution in [1.82, 2.24) is 10.3 Å². The number of nitrogens with one attached hydrogen (secondary N) is 1. The first kappa shape index (κ1) is 13.2. The predicted octanol–water partition coefficient (Wildman–Crippen LogP) is 2.44. The average molecular weight is 287 g/mol. The van der Waals surface area contributed by atoms with Gasteiger partial charge in [-0.15, -0.1) is 0 Å². The van der Waals surface area contributed by atoms with Gasteiger partial charge in [-0.25, -0.2) is 4.98 Å². The molecule has 0 aliphatic carbocycles. The van der Waals surface area contributed by atoms with Gasteiger partial charge in [-0.05, 0) is 36.5 Å². The van der Waals surface area contributed by atoms with Gasteiger partial charge in [0.2, 0.25) is 0 Å². The van der Waals surface area contributed by atoms with Crippen molar-refractivity contribution in [1.29, 1.82) is 0 Å². The van der Waals surface area contributed by atoms with Gasteiger partial charge in [-0.1, -0.05) is 18.2 Å². The molecule has 0 saturated carbocycles. The summed E-state index contributed by atoms with van der Waals surface area (Å²) >= 11 is 1.94. The average Bonchev–Trinajstić information content (AvgIpc) is 2.48. The molecule has 0 radical (unpaired) electrons. The monoisotopic (exact) mass is 287 g/mol. The van der Waals surface area contributed by atoms with Crippen LogP contribution in [0.2, 0.25) is 0 Å². The summed E-state index contributed by atoms with van der Waals surface area (Å²) in [5.41, 5.74) is 7.77. The van der Waals surface area contributed by atoms with Crippen LogP contribution in [0.5, 0.6) is 0 Å². The fraction of sp³-hybridized carbons (Fsp3) is 0.333. The molecule has 0 unspecified atom stereocenters. The molecular formula is C15H17N3OS. The highest BCUT2D eigenvalue weighted by Crippen LogP contribution is 2.21. The van der Waals surface area contributed by atoms with Gasteiger partial charge in [-0.3, -0.25) is 4.79 Å². The number of nitrogens with zero attached hydrogens (tertiary/aromatic N) is 1. The normalized spacial score (nSPS) is 16.2. The Bertz CT molecular complexity index is 638. The lowest BCUT2D eigenvalue weighted by atomic mass is 10.1. The van der Waals surface area contributed by atoms with Crippen LogP contribution in [0.3, 0.4) is 0 Å². The number of hydrogen-bond donors (Lipinski definition) is 2. The summed E-state index contributed by atoms with van der Waals surface area (Å²) in [6.07, 6.45) is 2.05. The number of pyridine rings is 1. The first-order valence-corrected chi connectivity index (χ1v) is 7.93. The topological polar surface area (TPSA) is 68.0 Å². The van der Waals surface area contributed by atoms with Crippen LogP contribution in [0.1, 0.15) is 23.3 Å². The van der Waals surface area contributed by atoms with Gasteiger partial charge in [0.1, 0.15) is 5.69 Å². The minimum atomic E-state index is -0.126. The number of rotatable bonds is 2. The number of fused-ring (bicyclic) bond motifs is 1. The minimum absolute atomic E-state index is 0.126. The number of benzene rings is 1. The predicted molar refractivity (Wildman–Crippen MR) is 84.0 cm³/mol.